The van der Waals surface area contributed by atoms with E-state index in [4.69, 9.17) is 5.26 Å². The molecular weight excluding hydrogens is 238 g/mol. The molecule has 0 bridgehead atoms. The van der Waals surface area contributed by atoms with Gasteiger partial charge in [-0.25, -0.2) is 0 Å². The molecule has 0 heterocycles. The van der Waals surface area contributed by atoms with Gasteiger partial charge in [0.15, 0.2) is 0 Å². The zero-order chi connectivity index (χ0) is 14.5. The highest BCUT2D eigenvalue weighted by Crippen LogP contribution is 2.11. The molecule has 0 saturated carbocycles. The molecule has 0 aromatic heterocycles. The lowest BCUT2D eigenvalue weighted by Crippen LogP contribution is -3.07. The van der Waals surface area contributed by atoms with Crippen molar-refractivity contribution in [3.8, 4) is 6.07 Å². The third-order valence-electron chi connectivity index (χ3n) is 2.84. The maximum atomic E-state index is 12.0. The first-order valence-corrected chi connectivity index (χ1v) is 6.41. The smallest absolute Gasteiger partial charge is 0.251 e. The molecule has 0 unspecified atom stereocenters. The van der Waals surface area contributed by atoms with Crippen LogP contribution in [0.3, 0.4) is 0 Å². The second-order valence-electron chi connectivity index (χ2n) is 5.92. The fourth-order valence-electron chi connectivity index (χ4n) is 2.14. The number of hydrogen-bond donors (Lipinski definition) is 2. The molecule has 102 valence electrons. The normalized spacial score (nSPS) is 11.2. The van der Waals surface area contributed by atoms with E-state index in [1.54, 1.807) is 24.3 Å². The summed E-state index contributed by atoms with van der Waals surface area (Å²) in [5.41, 5.74) is 1.21. The molecule has 2 N–H and O–H groups in total. The molecule has 1 rings (SSSR count). The average molecular weight is 260 g/mol. The summed E-state index contributed by atoms with van der Waals surface area (Å²) in [6, 6.07) is 8.71. The largest absolute Gasteiger partial charge is 0.351 e. The minimum Gasteiger partial charge on any atom is -0.351 e. The monoisotopic (exact) mass is 260 g/mol. The fraction of sp³-hybridized carbons (Fsp3) is 0.467. The van der Waals surface area contributed by atoms with E-state index < -0.39 is 0 Å². The summed E-state index contributed by atoms with van der Waals surface area (Å²) >= 11 is 0. The Balaban J connectivity index is 2.58. The molecule has 0 spiro atoms. The number of quaternary nitrogens is 1. The van der Waals surface area contributed by atoms with E-state index in [1.165, 1.54) is 4.90 Å². The van der Waals surface area contributed by atoms with Crippen LogP contribution < -0.4 is 10.2 Å². The molecule has 0 saturated heterocycles. The third kappa shape index (κ3) is 5.11. The van der Waals surface area contributed by atoms with Crippen LogP contribution in [0, 0.1) is 16.7 Å². The van der Waals surface area contributed by atoms with Crippen LogP contribution in [0.1, 0.15) is 29.8 Å². The highest BCUT2D eigenvalue weighted by atomic mass is 16.1. The summed E-state index contributed by atoms with van der Waals surface area (Å²) in [7, 11) is 4.20. The molecule has 0 aliphatic carbocycles. The maximum absolute atomic E-state index is 12.0. The highest BCUT2D eigenvalue weighted by molar-refractivity contribution is 5.94. The van der Waals surface area contributed by atoms with Crippen molar-refractivity contribution in [2.45, 2.75) is 13.8 Å². The molecule has 19 heavy (non-hydrogen) atoms. The standard InChI is InChI=1S/C15H21N3O/c1-15(2,11-18(3)4)10-17-14(19)13-7-5-12(9-16)6-8-13/h5-8H,10-11H2,1-4H3,(H,17,19)/p+1. The third-order valence-corrected chi connectivity index (χ3v) is 2.84. The molecular formula is C15H22N3O+. The number of carbonyl (C=O) groups excluding carboxylic acids is 1. The van der Waals surface area contributed by atoms with Crippen molar-refractivity contribution in [3.63, 3.8) is 0 Å². The van der Waals surface area contributed by atoms with Gasteiger partial charge in [0, 0.05) is 17.5 Å². The van der Waals surface area contributed by atoms with Gasteiger partial charge in [0.2, 0.25) is 0 Å². The second-order valence-corrected chi connectivity index (χ2v) is 5.92. The van der Waals surface area contributed by atoms with Crippen LogP contribution in [0.4, 0.5) is 0 Å². The molecule has 4 nitrogen and oxygen atoms in total. The van der Waals surface area contributed by atoms with Crippen molar-refractivity contribution in [2.75, 3.05) is 27.2 Å². The number of benzene rings is 1. The Bertz CT molecular complexity index is 469. The summed E-state index contributed by atoms with van der Waals surface area (Å²) in [5, 5.41) is 11.7. The second kappa shape index (κ2) is 6.35. The molecule has 1 aromatic rings. The van der Waals surface area contributed by atoms with Crippen molar-refractivity contribution in [3.05, 3.63) is 35.4 Å². The van der Waals surface area contributed by atoms with E-state index in [2.05, 4.69) is 33.3 Å². The number of amides is 1. The minimum atomic E-state index is -0.0914. The van der Waals surface area contributed by atoms with Crippen LogP contribution in [-0.2, 0) is 0 Å². The first kappa shape index (κ1) is 15.2. The Labute approximate surface area is 115 Å². The van der Waals surface area contributed by atoms with Gasteiger partial charge >= 0.3 is 0 Å². The topological polar surface area (TPSA) is 57.3 Å². The Morgan fingerprint density at radius 2 is 1.89 bits per heavy atom. The Morgan fingerprint density at radius 3 is 2.37 bits per heavy atom. The maximum Gasteiger partial charge on any atom is 0.251 e. The van der Waals surface area contributed by atoms with E-state index >= 15 is 0 Å². The van der Waals surface area contributed by atoms with Gasteiger partial charge in [0.25, 0.3) is 5.91 Å². The van der Waals surface area contributed by atoms with Gasteiger partial charge in [-0.15, -0.1) is 0 Å². The zero-order valence-electron chi connectivity index (χ0n) is 12.1. The van der Waals surface area contributed by atoms with Crippen LogP contribution in [0.25, 0.3) is 0 Å². The predicted molar refractivity (Wildman–Crippen MR) is 74.9 cm³/mol. The van der Waals surface area contributed by atoms with E-state index in [0.717, 1.165) is 6.54 Å². The first-order valence-electron chi connectivity index (χ1n) is 6.41. The number of rotatable bonds is 5. The van der Waals surface area contributed by atoms with Crippen LogP contribution in [0.2, 0.25) is 0 Å². The van der Waals surface area contributed by atoms with Crippen molar-refractivity contribution in [2.24, 2.45) is 5.41 Å². The summed E-state index contributed by atoms with van der Waals surface area (Å²) in [5.74, 6) is -0.0914. The van der Waals surface area contributed by atoms with Crippen molar-refractivity contribution >= 4 is 5.91 Å². The summed E-state index contributed by atoms with van der Waals surface area (Å²) < 4.78 is 0. The van der Waals surface area contributed by atoms with Crippen molar-refractivity contribution in [1.82, 2.24) is 5.32 Å². The number of nitrogens with zero attached hydrogens (tertiary/aromatic N) is 1. The van der Waals surface area contributed by atoms with Gasteiger partial charge in [0.1, 0.15) is 0 Å². The van der Waals surface area contributed by atoms with E-state index in [1.807, 2.05) is 6.07 Å². The Morgan fingerprint density at radius 1 is 1.32 bits per heavy atom. The van der Waals surface area contributed by atoms with Crippen LogP contribution in [-0.4, -0.2) is 33.1 Å². The van der Waals surface area contributed by atoms with Gasteiger partial charge in [0.05, 0.1) is 32.3 Å². The highest BCUT2D eigenvalue weighted by Gasteiger charge is 2.22. The summed E-state index contributed by atoms with van der Waals surface area (Å²) in [6.07, 6.45) is 0. The van der Waals surface area contributed by atoms with Gasteiger partial charge in [-0.2, -0.15) is 5.26 Å². The first-order chi connectivity index (χ1) is 8.84. The molecule has 0 aliphatic rings. The molecule has 1 amide bonds. The Kier molecular flexibility index (Phi) is 5.08. The van der Waals surface area contributed by atoms with Crippen LogP contribution in [0.15, 0.2) is 24.3 Å². The van der Waals surface area contributed by atoms with Crippen LogP contribution >= 0.6 is 0 Å². The quantitative estimate of drug-likeness (QED) is 0.808. The van der Waals surface area contributed by atoms with Gasteiger partial charge in [-0.3, -0.25) is 4.79 Å². The lowest BCUT2D eigenvalue weighted by Gasteiger charge is -2.26. The molecule has 0 atom stereocenters. The van der Waals surface area contributed by atoms with Crippen LogP contribution in [0.5, 0.6) is 0 Å². The van der Waals surface area contributed by atoms with Crippen molar-refractivity contribution in [1.29, 1.82) is 5.26 Å². The Hall–Kier alpha value is -1.86. The number of carbonyl (C=O) groups is 1. The predicted octanol–water partition coefficient (Wildman–Crippen LogP) is 0.459. The lowest BCUT2D eigenvalue weighted by atomic mass is 9.93. The summed E-state index contributed by atoms with van der Waals surface area (Å²) in [4.78, 5) is 13.3. The minimum absolute atomic E-state index is 0.0566. The zero-order valence-corrected chi connectivity index (χ0v) is 12.1. The van der Waals surface area contributed by atoms with E-state index in [-0.39, 0.29) is 11.3 Å². The molecule has 1 aromatic carbocycles. The lowest BCUT2D eigenvalue weighted by molar-refractivity contribution is -0.865. The molecule has 0 fully saturated rings. The molecule has 0 aliphatic heterocycles. The number of nitriles is 1. The number of hydrogen-bond acceptors (Lipinski definition) is 2. The van der Waals surface area contributed by atoms with Gasteiger partial charge in [-0.1, -0.05) is 13.8 Å². The average Bonchev–Trinajstić information content (AvgIpc) is 2.34. The molecule has 4 heteroatoms. The van der Waals surface area contributed by atoms with E-state index in [0.29, 0.717) is 17.7 Å². The fourth-order valence-corrected chi connectivity index (χ4v) is 2.14. The molecule has 0 radical (unpaired) electrons. The SMILES string of the molecule is C[NH+](C)CC(C)(C)CNC(=O)c1ccc(C#N)cc1. The van der Waals surface area contributed by atoms with Crippen molar-refractivity contribution < 1.29 is 9.69 Å². The van der Waals surface area contributed by atoms with E-state index in [9.17, 15) is 4.79 Å². The van der Waals surface area contributed by atoms with Gasteiger partial charge in [-0.05, 0) is 24.3 Å². The summed E-state index contributed by atoms with van der Waals surface area (Å²) in [6.45, 7) is 5.90. The number of nitrogens with one attached hydrogen (secondary N) is 2. The van der Waals surface area contributed by atoms with Gasteiger partial charge < -0.3 is 10.2 Å².